The second kappa shape index (κ2) is 7.62. The molecule has 0 atom stereocenters. The molecule has 0 aliphatic rings. The van der Waals surface area contributed by atoms with E-state index in [9.17, 15) is 9.59 Å². The number of hydrogen-bond acceptors (Lipinski definition) is 4. The number of hydrogen-bond donors (Lipinski definition) is 2. The minimum Gasteiger partial charge on any atom is -0.322 e. The first kappa shape index (κ1) is 17.9. The summed E-state index contributed by atoms with van der Waals surface area (Å²) < 4.78 is 1.04. The Kier molecular flexibility index (Phi) is 4.87. The molecule has 0 bridgehead atoms. The van der Waals surface area contributed by atoms with Crippen molar-refractivity contribution in [3.63, 3.8) is 0 Å². The predicted molar refractivity (Wildman–Crippen MR) is 113 cm³/mol. The highest BCUT2D eigenvalue weighted by molar-refractivity contribution is 7.22. The SMILES string of the molecule is Cc1ccc2nc(NC(=O)c3ccc(NC(=O)c4ccccc4)cc3)sc2c1. The van der Waals surface area contributed by atoms with Gasteiger partial charge in [-0.1, -0.05) is 35.6 Å². The topological polar surface area (TPSA) is 71.1 Å². The van der Waals surface area contributed by atoms with Gasteiger partial charge in [0.15, 0.2) is 5.13 Å². The van der Waals surface area contributed by atoms with Crippen molar-refractivity contribution in [2.24, 2.45) is 0 Å². The molecule has 1 aromatic heterocycles. The molecule has 28 heavy (non-hydrogen) atoms. The quantitative estimate of drug-likeness (QED) is 0.511. The molecule has 4 rings (SSSR count). The molecule has 138 valence electrons. The number of anilines is 2. The van der Waals surface area contributed by atoms with Crippen LogP contribution in [0.15, 0.2) is 72.8 Å². The summed E-state index contributed by atoms with van der Waals surface area (Å²) in [5.74, 6) is -0.431. The van der Waals surface area contributed by atoms with Crippen LogP contribution in [0.1, 0.15) is 26.3 Å². The van der Waals surface area contributed by atoms with Crippen LogP contribution in [0.5, 0.6) is 0 Å². The van der Waals surface area contributed by atoms with E-state index in [4.69, 9.17) is 0 Å². The number of aromatic nitrogens is 1. The van der Waals surface area contributed by atoms with Crippen molar-refractivity contribution in [3.05, 3.63) is 89.5 Å². The van der Waals surface area contributed by atoms with E-state index in [1.165, 1.54) is 11.3 Å². The number of amides is 2. The van der Waals surface area contributed by atoms with Crippen molar-refractivity contribution in [1.82, 2.24) is 4.98 Å². The molecule has 0 aliphatic carbocycles. The van der Waals surface area contributed by atoms with Gasteiger partial charge in [0.25, 0.3) is 11.8 Å². The second-order valence-electron chi connectivity index (χ2n) is 6.34. The van der Waals surface area contributed by atoms with Crippen LogP contribution in [-0.2, 0) is 0 Å². The lowest BCUT2D eigenvalue weighted by molar-refractivity contribution is 0.102. The molecule has 3 aromatic carbocycles. The average molecular weight is 387 g/mol. The second-order valence-corrected chi connectivity index (χ2v) is 7.37. The number of fused-ring (bicyclic) bond motifs is 1. The van der Waals surface area contributed by atoms with Crippen LogP contribution in [0.2, 0.25) is 0 Å². The Morgan fingerprint density at radius 2 is 1.50 bits per heavy atom. The maximum atomic E-state index is 12.5. The van der Waals surface area contributed by atoms with Crippen LogP contribution in [0.4, 0.5) is 10.8 Å². The molecule has 5 nitrogen and oxygen atoms in total. The van der Waals surface area contributed by atoms with Gasteiger partial charge in [-0.05, 0) is 61.0 Å². The third kappa shape index (κ3) is 3.92. The molecular weight excluding hydrogens is 370 g/mol. The van der Waals surface area contributed by atoms with E-state index in [2.05, 4.69) is 15.6 Å². The maximum Gasteiger partial charge on any atom is 0.257 e. The lowest BCUT2D eigenvalue weighted by atomic mass is 10.1. The van der Waals surface area contributed by atoms with Gasteiger partial charge in [0.1, 0.15) is 0 Å². The van der Waals surface area contributed by atoms with Gasteiger partial charge >= 0.3 is 0 Å². The summed E-state index contributed by atoms with van der Waals surface area (Å²) in [7, 11) is 0. The Hall–Kier alpha value is -3.51. The first-order chi connectivity index (χ1) is 13.6. The van der Waals surface area contributed by atoms with Crippen LogP contribution in [0.25, 0.3) is 10.2 Å². The molecule has 4 aromatic rings. The highest BCUT2D eigenvalue weighted by atomic mass is 32.1. The molecule has 0 saturated carbocycles. The van der Waals surface area contributed by atoms with Crippen molar-refractivity contribution in [2.75, 3.05) is 10.6 Å². The van der Waals surface area contributed by atoms with Gasteiger partial charge in [-0.2, -0.15) is 0 Å². The van der Waals surface area contributed by atoms with Crippen molar-refractivity contribution >= 4 is 44.2 Å². The molecule has 6 heteroatoms. The Morgan fingerprint density at radius 1 is 0.821 bits per heavy atom. The molecule has 0 aliphatic heterocycles. The normalized spacial score (nSPS) is 10.6. The zero-order valence-electron chi connectivity index (χ0n) is 15.1. The van der Waals surface area contributed by atoms with Gasteiger partial charge in [-0.3, -0.25) is 14.9 Å². The summed E-state index contributed by atoms with van der Waals surface area (Å²) in [5, 5.41) is 6.21. The maximum absolute atomic E-state index is 12.5. The molecule has 0 spiro atoms. The van der Waals surface area contributed by atoms with E-state index in [1.807, 2.05) is 43.3 Å². The molecule has 0 unspecified atom stereocenters. The number of benzene rings is 3. The van der Waals surface area contributed by atoms with Gasteiger partial charge in [0.2, 0.25) is 0 Å². The van der Waals surface area contributed by atoms with Crippen molar-refractivity contribution < 1.29 is 9.59 Å². The molecule has 0 radical (unpaired) electrons. The summed E-state index contributed by atoms with van der Waals surface area (Å²) in [5.41, 5.74) is 3.72. The fourth-order valence-electron chi connectivity index (χ4n) is 2.75. The van der Waals surface area contributed by atoms with E-state index >= 15 is 0 Å². The fraction of sp³-hybridized carbons (Fsp3) is 0.0455. The predicted octanol–water partition coefficient (Wildman–Crippen LogP) is 5.11. The van der Waals surface area contributed by atoms with Gasteiger partial charge in [0, 0.05) is 16.8 Å². The van der Waals surface area contributed by atoms with Gasteiger partial charge in [-0.25, -0.2) is 4.98 Å². The standard InChI is InChI=1S/C22H17N3O2S/c1-14-7-12-18-19(13-14)28-22(24-18)25-21(27)16-8-10-17(11-9-16)23-20(26)15-5-3-2-4-6-15/h2-13H,1H3,(H,23,26)(H,24,25,27). The highest BCUT2D eigenvalue weighted by Crippen LogP contribution is 2.27. The van der Waals surface area contributed by atoms with Crippen molar-refractivity contribution in [2.45, 2.75) is 6.92 Å². The summed E-state index contributed by atoms with van der Waals surface area (Å²) in [4.78, 5) is 29.1. The van der Waals surface area contributed by atoms with E-state index in [0.29, 0.717) is 21.9 Å². The Labute approximate surface area is 166 Å². The zero-order valence-corrected chi connectivity index (χ0v) is 15.9. The number of thiazole rings is 1. The average Bonchev–Trinajstić information content (AvgIpc) is 3.10. The van der Waals surface area contributed by atoms with Crippen LogP contribution >= 0.6 is 11.3 Å². The third-order valence-electron chi connectivity index (χ3n) is 4.21. The Morgan fingerprint density at radius 3 is 2.25 bits per heavy atom. The summed E-state index contributed by atoms with van der Waals surface area (Å²) in [6.45, 7) is 2.02. The zero-order chi connectivity index (χ0) is 19.5. The largest absolute Gasteiger partial charge is 0.322 e. The van der Waals surface area contributed by atoms with Crippen molar-refractivity contribution in [1.29, 1.82) is 0 Å². The Balaban J connectivity index is 1.44. The van der Waals surface area contributed by atoms with E-state index in [-0.39, 0.29) is 11.8 Å². The van der Waals surface area contributed by atoms with Crippen LogP contribution in [-0.4, -0.2) is 16.8 Å². The number of rotatable bonds is 4. The first-order valence-corrected chi connectivity index (χ1v) is 9.55. The van der Waals surface area contributed by atoms with Crippen LogP contribution in [0.3, 0.4) is 0 Å². The van der Waals surface area contributed by atoms with Crippen LogP contribution < -0.4 is 10.6 Å². The van der Waals surface area contributed by atoms with Crippen molar-refractivity contribution in [3.8, 4) is 0 Å². The lowest BCUT2D eigenvalue weighted by Gasteiger charge is -2.06. The molecule has 2 amide bonds. The van der Waals surface area contributed by atoms with Crippen LogP contribution in [0, 0.1) is 6.92 Å². The molecule has 2 N–H and O–H groups in total. The molecular formula is C22H17N3O2S. The third-order valence-corrected chi connectivity index (χ3v) is 5.14. The van der Waals surface area contributed by atoms with E-state index in [0.717, 1.165) is 15.8 Å². The lowest BCUT2D eigenvalue weighted by Crippen LogP contribution is -2.13. The van der Waals surface area contributed by atoms with E-state index in [1.54, 1.807) is 36.4 Å². The number of nitrogens with one attached hydrogen (secondary N) is 2. The smallest absolute Gasteiger partial charge is 0.257 e. The summed E-state index contributed by atoms with van der Waals surface area (Å²) in [6.07, 6.45) is 0. The number of nitrogens with zero attached hydrogens (tertiary/aromatic N) is 1. The van der Waals surface area contributed by atoms with Gasteiger partial charge in [0.05, 0.1) is 10.2 Å². The fourth-order valence-corrected chi connectivity index (χ4v) is 3.71. The van der Waals surface area contributed by atoms with E-state index < -0.39 is 0 Å². The van der Waals surface area contributed by atoms with Gasteiger partial charge < -0.3 is 5.32 Å². The van der Waals surface area contributed by atoms with Gasteiger partial charge in [-0.15, -0.1) is 0 Å². The monoisotopic (exact) mass is 387 g/mol. The summed E-state index contributed by atoms with van der Waals surface area (Å²) in [6, 6.07) is 21.7. The number of carbonyl (C=O) groups excluding carboxylic acids is 2. The Bertz CT molecular complexity index is 1150. The molecule has 0 fully saturated rings. The summed E-state index contributed by atoms with van der Waals surface area (Å²) >= 11 is 1.44. The number of carbonyl (C=O) groups is 2. The minimum absolute atomic E-state index is 0.192. The highest BCUT2D eigenvalue weighted by Gasteiger charge is 2.11. The minimum atomic E-state index is -0.239. The first-order valence-electron chi connectivity index (χ1n) is 8.73. The number of aryl methyl sites for hydroxylation is 1. The molecule has 0 saturated heterocycles. The molecule has 1 heterocycles.